The van der Waals surface area contributed by atoms with Gasteiger partial charge in [0.25, 0.3) is 5.95 Å². The maximum absolute atomic E-state index is 12.9. The van der Waals surface area contributed by atoms with Crippen molar-refractivity contribution in [3.05, 3.63) is 41.3 Å². The quantitative estimate of drug-likeness (QED) is 0.845. The summed E-state index contributed by atoms with van der Waals surface area (Å²) < 4.78 is 44.1. The lowest BCUT2D eigenvalue weighted by Gasteiger charge is -2.40. The molecule has 2 aromatic rings. The number of rotatable bonds is 5. The molecule has 0 amide bonds. The Morgan fingerprint density at radius 3 is 2.52 bits per heavy atom. The van der Waals surface area contributed by atoms with Crippen LogP contribution in [0.1, 0.15) is 49.6 Å². The van der Waals surface area contributed by atoms with Gasteiger partial charge in [-0.3, -0.25) is 0 Å². The van der Waals surface area contributed by atoms with E-state index in [0.717, 1.165) is 6.07 Å². The fourth-order valence-electron chi connectivity index (χ4n) is 3.45. The largest absolute Gasteiger partial charge is 0.416 e. The third kappa shape index (κ3) is 4.43. The molecule has 0 aliphatic carbocycles. The van der Waals surface area contributed by atoms with Crippen LogP contribution in [0.3, 0.4) is 0 Å². The summed E-state index contributed by atoms with van der Waals surface area (Å²) in [5.41, 5.74) is -0.502. The van der Waals surface area contributed by atoms with Gasteiger partial charge in [0.2, 0.25) is 5.89 Å². The minimum absolute atomic E-state index is 0.0689. The number of benzene rings is 1. The van der Waals surface area contributed by atoms with Crippen LogP contribution < -0.4 is 4.90 Å². The molecule has 1 aliphatic rings. The van der Waals surface area contributed by atoms with E-state index in [1.807, 2.05) is 18.7 Å². The van der Waals surface area contributed by atoms with E-state index in [4.69, 9.17) is 4.52 Å². The van der Waals surface area contributed by atoms with Gasteiger partial charge in [-0.15, -0.1) is 0 Å². The summed E-state index contributed by atoms with van der Waals surface area (Å²) in [6.45, 7) is 5.12. The Labute approximate surface area is 156 Å². The van der Waals surface area contributed by atoms with Gasteiger partial charge in [-0.2, -0.15) is 18.2 Å². The highest BCUT2D eigenvalue weighted by atomic mass is 19.4. The molecular formula is C19H24F3N3O2. The Morgan fingerprint density at radius 2 is 1.96 bits per heavy atom. The predicted octanol–water partition coefficient (Wildman–Crippen LogP) is 4.03. The molecule has 1 aromatic heterocycles. The second-order valence-corrected chi connectivity index (χ2v) is 7.61. The van der Waals surface area contributed by atoms with Crippen LogP contribution in [0.5, 0.6) is 0 Å². The zero-order valence-corrected chi connectivity index (χ0v) is 15.5. The molecule has 148 valence electrons. The van der Waals surface area contributed by atoms with Crippen LogP contribution in [0.4, 0.5) is 19.1 Å². The maximum atomic E-state index is 12.9. The van der Waals surface area contributed by atoms with Gasteiger partial charge in [0, 0.05) is 31.0 Å². The highest BCUT2D eigenvalue weighted by Gasteiger charge is 2.36. The van der Waals surface area contributed by atoms with Crippen molar-refractivity contribution in [1.82, 2.24) is 10.1 Å². The van der Waals surface area contributed by atoms with Gasteiger partial charge < -0.3 is 14.5 Å². The Hall–Kier alpha value is -2.09. The molecule has 2 heterocycles. The zero-order valence-electron chi connectivity index (χ0n) is 15.5. The van der Waals surface area contributed by atoms with Crippen LogP contribution in [0, 0.1) is 5.41 Å². The number of aromatic nitrogens is 2. The molecule has 1 saturated heterocycles. The van der Waals surface area contributed by atoms with Crippen molar-refractivity contribution in [3.63, 3.8) is 0 Å². The summed E-state index contributed by atoms with van der Waals surface area (Å²) in [5.74, 6) is 1.26. The van der Waals surface area contributed by atoms with Crippen molar-refractivity contribution in [2.45, 2.75) is 45.2 Å². The zero-order chi connectivity index (χ0) is 19.7. The lowest BCUT2D eigenvalue weighted by Crippen LogP contribution is -2.43. The smallest absolute Gasteiger partial charge is 0.396 e. The van der Waals surface area contributed by atoms with E-state index in [2.05, 4.69) is 10.1 Å². The fourth-order valence-corrected chi connectivity index (χ4v) is 3.45. The number of alkyl halides is 3. The topological polar surface area (TPSA) is 62.4 Å². The molecule has 8 heteroatoms. The molecule has 27 heavy (non-hydrogen) atoms. The van der Waals surface area contributed by atoms with E-state index < -0.39 is 17.2 Å². The molecule has 0 bridgehead atoms. The van der Waals surface area contributed by atoms with Crippen LogP contribution in [0.2, 0.25) is 0 Å². The number of aliphatic hydroxyl groups is 1. The number of aliphatic hydroxyl groups excluding tert-OH is 1. The van der Waals surface area contributed by atoms with Crippen molar-refractivity contribution < 1.29 is 22.8 Å². The third-order valence-corrected chi connectivity index (χ3v) is 5.20. The summed E-state index contributed by atoms with van der Waals surface area (Å²) in [6.07, 6.45) is -2.67. The van der Waals surface area contributed by atoms with Gasteiger partial charge in [0.15, 0.2) is 0 Å². The van der Waals surface area contributed by atoms with Crippen molar-refractivity contribution in [2.24, 2.45) is 5.41 Å². The normalized spacial score (nSPS) is 17.5. The lowest BCUT2D eigenvalue weighted by atomic mass is 9.74. The Kier molecular flexibility index (Phi) is 5.46. The molecule has 0 saturated carbocycles. The van der Waals surface area contributed by atoms with E-state index in [9.17, 15) is 18.3 Å². The minimum atomic E-state index is -4.36. The molecule has 1 fully saturated rings. The standard InChI is InChI=1S/C19H24F3N3O2/c1-13(2)16-23-17(24-27-16)25-8-6-18(12-26,7-9-25)11-14-4-3-5-15(10-14)19(20,21)22/h3-5,10,13,26H,6-9,11-12H2,1-2H3. The SMILES string of the molecule is CC(C)c1nc(N2CCC(CO)(Cc3cccc(C(F)(F)F)c3)CC2)no1. The van der Waals surface area contributed by atoms with Gasteiger partial charge >= 0.3 is 6.18 Å². The maximum Gasteiger partial charge on any atom is 0.416 e. The highest BCUT2D eigenvalue weighted by Crippen LogP contribution is 2.37. The predicted molar refractivity (Wildman–Crippen MR) is 94.5 cm³/mol. The van der Waals surface area contributed by atoms with Crippen molar-refractivity contribution in [1.29, 1.82) is 0 Å². The van der Waals surface area contributed by atoms with Gasteiger partial charge in [-0.1, -0.05) is 32.0 Å². The van der Waals surface area contributed by atoms with Crippen LogP contribution >= 0.6 is 0 Å². The first-order chi connectivity index (χ1) is 12.7. The number of piperidine rings is 1. The number of hydrogen-bond acceptors (Lipinski definition) is 5. The first-order valence-electron chi connectivity index (χ1n) is 9.08. The highest BCUT2D eigenvalue weighted by molar-refractivity contribution is 5.31. The summed E-state index contributed by atoms with van der Waals surface area (Å²) in [4.78, 5) is 6.39. The van der Waals surface area contributed by atoms with Crippen molar-refractivity contribution in [3.8, 4) is 0 Å². The molecule has 1 aliphatic heterocycles. The van der Waals surface area contributed by atoms with Gasteiger partial charge in [-0.05, 0) is 36.0 Å². The fraction of sp³-hybridized carbons (Fsp3) is 0.579. The number of halogens is 3. The Balaban J connectivity index is 1.69. The van der Waals surface area contributed by atoms with Crippen LogP contribution in [-0.4, -0.2) is 34.9 Å². The lowest BCUT2D eigenvalue weighted by molar-refractivity contribution is -0.137. The Bertz CT molecular complexity index is 766. The number of hydrogen-bond donors (Lipinski definition) is 1. The first kappa shape index (κ1) is 19.7. The molecule has 3 rings (SSSR count). The average Bonchev–Trinajstić information content (AvgIpc) is 3.12. The van der Waals surface area contributed by atoms with Gasteiger partial charge in [0.1, 0.15) is 0 Å². The Morgan fingerprint density at radius 1 is 1.26 bits per heavy atom. The van der Waals surface area contributed by atoms with Crippen molar-refractivity contribution >= 4 is 5.95 Å². The van der Waals surface area contributed by atoms with Crippen LogP contribution in [-0.2, 0) is 12.6 Å². The van der Waals surface area contributed by atoms with Crippen molar-refractivity contribution in [2.75, 3.05) is 24.6 Å². The molecule has 1 N–H and O–H groups in total. The summed E-state index contributed by atoms with van der Waals surface area (Å²) in [5, 5.41) is 14.0. The number of nitrogens with zero attached hydrogens (tertiary/aromatic N) is 3. The molecule has 5 nitrogen and oxygen atoms in total. The molecule has 0 atom stereocenters. The average molecular weight is 383 g/mol. The van der Waals surface area contributed by atoms with Gasteiger partial charge in [0.05, 0.1) is 5.56 Å². The molecule has 0 unspecified atom stereocenters. The van der Waals surface area contributed by atoms with E-state index in [-0.39, 0.29) is 12.5 Å². The van der Waals surface area contributed by atoms with Crippen LogP contribution in [0.25, 0.3) is 0 Å². The van der Waals surface area contributed by atoms with E-state index in [0.29, 0.717) is 49.8 Å². The van der Waals surface area contributed by atoms with Crippen LogP contribution in [0.15, 0.2) is 28.8 Å². The third-order valence-electron chi connectivity index (χ3n) is 5.20. The summed E-state index contributed by atoms with van der Waals surface area (Å²) >= 11 is 0. The molecule has 0 radical (unpaired) electrons. The van der Waals surface area contributed by atoms with E-state index in [1.165, 1.54) is 12.1 Å². The molecule has 1 aromatic carbocycles. The van der Waals surface area contributed by atoms with Gasteiger partial charge in [-0.25, -0.2) is 0 Å². The number of anilines is 1. The van der Waals surface area contributed by atoms with E-state index >= 15 is 0 Å². The molecule has 0 spiro atoms. The second-order valence-electron chi connectivity index (χ2n) is 7.61. The summed E-state index contributed by atoms with van der Waals surface area (Å²) in [7, 11) is 0. The monoisotopic (exact) mass is 383 g/mol. The minimum Gasteiger partial charge on any atom is -0.396 e. The second kappa shape index (κ2) is 7.50. The molecular weight excluding hydrogens is 359 g/mol. The first-order valence-corrected chi connectivity index (χ1v) is 9.08. The summed E-state index contributed by atoms with van der Waals surface area (Å²) in [6, 6.07) is 5.36. The van der Waals surface area contributed by atoms with E-state index in [1.54, 1.807) is 6.07 Å².